The zero-order valence-electron chi connectivity index (χ0n) is 13.4. The summed E-state index contributed by atoms with van der Waals surface area (Å²) in [4.78, 5) is 27.3. The van der Waals surface area contributed by atoms with Gasteiger partial charge in [-0.15, -0.1) is 10.2 Å². The van der Waals surface area contributed by atoms with Gasteiger partial charge in [0.05, 0.1) is 5.25 Å². The van der Waals surface area contributed by atoms with Gasteiger partial charge in [-0.25, -0.2) is 4.79 Å². The summed E-state index contributed by atoms with van der Waals surface area (Å²) in [7, 11) is 1.46. The van der Waals surface area contributed by atoms with Crippen molar-refractivity contribution in [2.75, 3.05) is 7.05 Å². The van der Waals surface area contributed by atoms with Crippen LogP contribution in [0.3, 0.4) is 0 Å². The van der Waals surface area contributed by atoms with E-state index in [1.54, 1.807) is 19.3 Å². The molecule has 0 radical (unpaired) electrons. The number of rotatable bonds is 5. The highest BCUT2D eigenvalue weighted by molar-refractivity contribution is 8.00. The fraction of sp³-hybridized carbons (Fsp3) is 0.400. The Hall–Kier alpha value is -2.42. The molecule has 2 heterocycles. The largest absolute Gasteiger partial charge is 0.341 e. The zero-order chi connectivity index (χ0) is 17.1. The lowest BCUT2D eigenvalue weighted by Crippen LogP contribution is -2.41. The molecule has 2 aromatic rings. The van der Waals surface area contributed by atoms with Gasteiger partial charge in [0.25, 0.3) is 0 Å². The highest BCUT2D eigenvalue weighted by atomic mass is 32.2. The molecule has 0 spiro atoms. The molecule has 1 aliphatic carbocycles. The molecule has 1 aliphatic rings. The second kappa shape index (κ2) is 7.00. The van der Waals surface area contributed by atoms with E-state index in [1.807, 2.05) is 12.1 Å². The number of carbonyl (C=O) groups excluding carboxylic acids is 2. The molecular formula is C15H18N6O2S. The number of hydrogen-bond donors (Lipinski definition) is 2. The van der Waals surface area contributed by atoms with E-state index in [0.717, 1.165) is 24.2 Å². The molecule has 0 saturated heterocycles. The topological polar surface area (TPSA) is 102 Å². The number of amides is 3. The van der Waals surface area contributed by atoms with Crippen molar-refractivity contribution in [3.8, 4) is 11.4 Å². The molecule has 2 aromatic heterocycles. The molecule has 3 rings (SSSR count). The molecular weight excluding hydrogens is 328 g/mol. The summed E-state index contributed by atoms with van der Waals surface area (Å²) in [5, 5.41) is 13.4. The van der Waals surface area contributed by atoms with Crippen LogP contribution in [-0.4, -0.2) is 44.0 Å². The summed E-state index contributed by atoms with van der Waals surface area (Å²) in [5.74, 6) is 0.413. The molecule has 0 unspecified atom stereocenters. The van der Waals surface area contributed by atoms with E-state index in [4.69, 9.17) is 0 Å². The number of pyridine rings is 1. The van der Waals surface area contributed by atoms with Gasteiger partial charge in [-0.2, -0.15) is 0 Å². The predicted octanol–water partition coefficient (Wildman–Crippen LogP) is 1.61. The Morgan fingerprint density at radius 3 is 2.62 bits per heavy atom. The molecule has 0 aliphatic heterocycles. The second-order valence-electron chi connectivity index (χ2n) is 5.47. The molecule has 0 bridgehead atoms. The Kier molecular flexibility index (Phi) is 4.79. The van der Waals surface area contributed by atoms with Crippen LogP contribution < -0.4 is 10.6 Å². The maximum atomic E-state index is 12.0. The van der Waals surface area contributed by atoms with Crippen molar-refractivity contribution in [2.24, 2.45) is 0 Å². The minimum absolute atomic E-state index is 0.361. The van der Waals surface area contributed by atoms with Crippen LogP contribution in [-0.2, 0) is 4.79 Å². The summed E-state index contributed by atoms with van der Waals surface area (Å²) in [6, 6.07) is 3.62. The van der Waals surface area contributed by atoms with Gasteiger partial charge in [-0.3, -0.25) is 19.7 Å². The third kappa shape index (κ3) is 3.56. The Morgan fingerprint density at radius 2 is 2.00 bits per heavy atom. The average molecular weight is 346 g/mol. The predicted molar refractivity (Wildman–Crippen MR) is 89.4 cm³/mol. The highest BCUT2D eigenvalue weighted by Gasteiger charge is 2.31. The fourth-order valence-electron chi connectivity index (χ4n) is 2.20. The van der Waals surface area contributed by atoms with Gasteiger partial charge in [-0.1, -0.05) is 11.8 Å². The van der Waals surface area contributed by atoms with Gasteiger partial charge in [0.2, 0.25) is 5.91 Å². The van der Waals surface area contributed by atoms with Gasteiger partial charge < -0.3 is 5.32 Å². The fourth-order valence-corrected chi connectivity index (χ4v) is 3.12. The van der Waals surface area contributed by atoms with Gasteiger partial charge in [0.1, 0.15) is 0 Å². The first kappa shape index (κ1) is 16.4. The summed E-state index contributed by atoms with van der Waals surface area (Å²) in [6.07, 6.45) is 5.58. The van der Waals surface area contributed by atoms with E-state index in [1.165, 1.54) is 18.8 Å². The highest BCUT2D eigenvalue weighted by Crippen LogP contribution is 2.41. The van der Waals surface area contributed by atoms with Crippen LogP contribution in [0.5, 0.6) is 0 Å². The van der Waals surface area contributed by atoms with Gasteiger partial charge >= 0.3 is 6.03 Å². The van der Waals surface area contributed by atoms with Crippen molar-refractivity contribution in [1.82, 2.24) is 30.4 Å². The van der Waals surface area contributed by atoms with E-state index < -0.39 is 11.3 Å². The van der Waals surface area contributed by atoms with Crippen LogP contribution in [0.25, 0.3) is 11.4 Å². The first-order valence-corrected chi connectivity index (χ1v) is 8.52. The average Bonchev–Trinajstić information content (AvgIpc) is 3.35. The summed E-state index contributed by atoms with van der Waals surface area (Å²) in [5.41, 5.74) is 0.943. The van der Waals surface area contributed by atoms with Crippen molar-refractivity contribution in [2.45, 2.75) is 36.2 Å². The summed E-state index contributed by atoms with van der Waals surface area (Å²) >= 11 is 1.30. The molecule has 126 valence electrons. The SMILES string of the molecule is CNC(=O)NC(=O)[C@H](C)Sc1nnc(-c2ccncc2)n1C1CC1. The van der Waals surface area contributed by atoms with Crippen LogP contribution in [0.15, 0.2) is 29.7 Å². The number of thioether (sulfide) groups is 1. The van der Waals surface area contributed by atoms with Gasteiger partial charge in [-0.05, 0) is 31.9 Å². The van der Waals surface area contributed by atoms with E-state index in [9.17, 15) is 9.59 Å². The Balaban J connectivity index is 1.80. The van der Waals surface area contributed by atoms with Crippen LogP contribution >= 0.6 is 11.8 Å². The minimum atomic E-state index is -0.520. The van der Waals surface area contributed by atoms with Gasteiger partial charge in [0.15, 0.2) is 11.0 Å². The monoisotopic (exact) mass is 346 g/mol. The number of hydrogen-bond acceptors (Lipinski definition) is 6. The number of nitrogens with zero attached hydrogens (tertiary/aromatic N) is 4. The Labute approximate surface area is 143 Å². The lowest BCUT2D eigenvalue weighted by molar-refractivity contribution is -0.119. The van der Waals surface area contributed by atoms with E-state index in [2.05, 4.69) is 30.4 Å². The molecule has 24 heavy (non-hydrogen) atoms. The minimum Gasteiger partial charge on any atom is -0.341 e. The van der Waals surface area contributed by atoms with E-state index in [0.29, 0.717) is 11.2 Å². The number of aromatic nitrogens is 4. The lowest BCUT2D eigenvalue weighted by Gasteiger charge is -2.12. The van der Waals surface area contributed by atoms with Crippen molar-refractivity contribution >= 4 is 23.7 Å². The molecule has 3 amide bonds. The smallest absolute Gasteiger partial charge is 0.321 e. The number of nitrogens with one attached hydrogen (secondary N) is 2. The first-order valence-electron chi connectivity index (χ1n) is 7.64. The van der Waals surface area contributed by atoms with Crippen molar-refractivity contribution < 1.29 is 9.59 Å². The van der Waals surface area contributed by atoms with Crippen molar-refractivity contribution in [3.63, 3.8) is 0 Å². The zero-order valence-corrected chi connectivity index (χ0v) is 14.2. The maximum Gasteiger partial charge on any atom is 0.321 e. The molecule has 1 atom stereocenters. The molecule has 2 N–H and O–H groups in total. The third-order valence-corrected chi connectivity index (χ3v) is 4.69. The van der Waals surface area contributed by atoms with Crippen LogP contribution in [0.2, 0.25) is 0 Å². The third-order valence-electron chi connectivity index (χ3n) is 3.63. The van der Waals surface area contributed by atoms with Crippen molar-refractivity contribution in [3.05, 3.63) is 24.5 Å². The molecule has 9 heteroatoms. The Morgan fingerprint density at radius 1 is 1.29 bits per heavy atom. The van der Waals surface area contributed by atoms with Crippen LogP contribution in [0, 0.1) is 0 Å². The van der Waals surface area contributed by atoms with Crippen molar-refractivity contribution in [1.29, 1.82) is 0 Å². The standard InChI is InChI=1S/C15H18N6O2S/c1-9(13(22)18-14(23)16-2)24-15-20-19-12(21(15)11-3-4-11)10-5-7-17-8-6-10/h5-9,11H,3-4H2,1-2H3,(H2,16,18,22,23)/t9-/m0/s1. The van der Waals surface area contributed by atoms with Gasteiger partial charge in [0, 0.05) is 31.0 Å². The normalized spacial score (nSPS) is 14.9. The summed E-state index contributed by atoms with van der Waals surface area (Å²) < 4.78 is 2.07. The molecule has 1 fully saturated rings. The molecule has 1 saturated carbocycles. The molecule has 0 aromatic carbocycles. The number of urea groups is 1. The Bertz CT molecular complexity index is 744. The number of carbonyl (C=O) groups is 2. The quantitative estimate of drug-likeness (QED) is 0.798. The maximum absolute atomic E-state index is 12.0. The van der Waals surface area contributed by atoms with E-state index in [-0.39, 0.29) is 5.91 Å². The number of imide groups is 1. The summed E-state index contributed by atoms with van der Waals surface area (Å²) in [6.45, 7) is 1.74. The second-order valence-corrected chi connectivity index (χ2v) is 6.78. The molecule has 8 nitrogen and oxygen atoms in total. The van der Waals surface area contributed by atoms with E-state index >= 15 is 0 Å². The lowest BCUT2D eigenvalue weighted by atomic mass is 10.2. The first-order chi connectivity index (χ1) is 11.6. The van der Waals surface area contributed by atoms with Crippen LogP contribution in [0.1, 0.15) is 25.8 Å². The van der Waals surface area contributed by atoms with Crippen LogP contribution in [0.4, 0.5) is 4.79 Å².